The number of anilines is 2. The lowest BCUT2D eigenvalue weighted by atomic mass is 10.2. The predicted molar refractivity (Wildman–Crippen MR) is 96.8 cm³/mol. The van der Waals surface area contributed by atoms with Crippen molar-refractivity contribution in [3.05, 3.63) is 54.3 Å². The summed E-state index contributed by atoms with van der Waals surface area (Å²) >= 11 is 0. The molecule has 1 aliphatic rings. The molecule has 132 valence electrons. The number of urea groups is 1. The van der Waals surface area contributed by atoms with Crippen LogP contribution in [-0.2, 0) is 0 Å². The molecule has 2 aromatic rings. The normalized spacial score (nSPS) is 14.3. The molecule has 1 fully saturated rings. The van der Waals surface area contributed by atoms with E-state index in [1.807, 2.05) is 31.2 Å². The molecule has 5 nitrogen and oxygen atoms in total. The fourth-order valence-electron chi connectivity index (χ4n) is 2.84. The summed E-state index contributed by atoms with van der Waals surface area (Å²) in [6.45, 7) is 5.26. The number of halogens is 1. The standard InChI is InChI=1S/C19H22FN3O2/c1-2-25-16-9-7-15(8-10-16)22-11-13-23(14-12-22)19(24)21-18-6-4-3-5-17(18)20/h3-10H,2,11-14H2,1H3,(H,21,24). The molecule has 0 radical (unpaired) electrons. The summed E-state index contributed by atoms with van der Waals surface area (Å²) < 4.78 is 19.1. The second-order valence-corrected chi connectivity index (χ2v) is 5.81. The number of carbonyl (C=O) groups excluding carboxylic acids is 1. The topological polar surface area (TPSA) is 44.8 Å². The number of piperazine rings is 1. The number of ether oxygens (including phenoxy) is 1. The highest BCUT2D eigenvalue weighted by Crippen LogP contribution is 2.21. The summed E-state index contributed by atoms with van der Waals surface area (Å²) in [5.41, 5.74) is 1.32. The van der Waals surface area contributed by atoms with E-state index in [1.54, 1.807) is 23.1 Å². The van der Waals surface area contributed by atoms with Gasteiger partial charge in [-0.2, -0.15) is 0 Å². The van der Waals surface area contributed by atoms with E-state index >= 15 is 0 Å². The molecule has 1 saturated heterocycles. The van der Waals surface area contributed by atoms with Crippen LogP contribution in [0, 0.1) is 5.82 Å². The molecule has 25 heavy (non-hydrogen) atoms. The van der Waals surface area contributed by atoms with E-state index in [4.69, 9.17) is 4.74 Å². The molecule has 2 amide bonds. The minimum atomic E-state index is -0.427. The smallest absolute Gasteiger partial charge is 0.322 e. The summed E-state index contributed by atoms with van der Waals surface area (Å²) in [7, 11) is 0. The largest absolute Gasteiger partial charge is 0.494 e. The van der Waals surface area contributed by atoms with Gasteiger partial charge in [0.1, 0.15) is 11.6 Å². The summed E-state index contributed by atoms with van der Waals surface area (Å²) in [6.07, 6.45) is 0. The molecular weight excluding hydrogens is 321 g/mol. The number of para-hydroxylation sites is 1. The Bertz CT molecular complexity index is 713. The maximum Gasteiger partial charge on any atom is 0.322 e. The lowest BCUT2D eigenvalue weighted by molar-refractivity contribution is 0.208. The maximum absolute atomic E-state index is 13.6. The average molecular weight is 343 g/mol. The van der Waals surface area contributed by atoms with Crippen molar-refractivity contribution in [2.45, 2.75) is 6.92 Å². The van der Waals surface area contributed by atoms with Crippen molar-refractivity contribution in [2.75, 3.05) is 43.0 Å². The van der Waals surface area contributed by atoms with E-state index in [0.29, 0.717) is 19.7 Å². The van der Waals surface area contributed by atoms with Crippen molar-refractivity contribution in [1.82, 2.24) is 4.90 Å². The van der Waals surface area contributed by atoms with Crippen LogP contribution in [-0.4, -0.2) is 43.7 Å². The van der Waals surface area contributed by atoms with Crippen LogP contribution in [0.2, 0.25) is 0 Å². The Morgan fingerprint density at radius 3 is 2.40 bits per heavy atom. The van der Waals surface area contributed by atoms with Crippen LogP contribution in [0.5, 0.6) is 5.75 Å². The SMILES string of the molecule is CCOc1ccc(N2CCN(C(=O)Nc3ccccc3F)CC2)cc1. The van der Waals surface area contributed by atoms with Crippen molar-refractivity contribution in [3.63, 3.8) is 0 Å². The van der Waals surface area contributed by atoms with E-state index in [0.717, 1.165) is 24.5 Å². The Morgan fingerprint density at radius 2 is 1.76 bits per heavy atom. The van der Waals surface area contributed by atoms with Gasteiger partial charge in [-0.1, -0.05) is 12.1 Å². The van der Waals surface area contributed by atoms with Gasteiger partial charge < -0.3 is 19.9 Å². The Labute approximate surface area is 147 Å². The molecule has 1 aliphatic heterocycles. The third-order valence-electron chi connectivity index (χ3n) is 4.20. The molecule has 0 atom stereocenters. The maximum atomic E-state index is 13.6. The van der Waals surface area contributed by atoms with E-state index in [2.05, 4.69) is 10.2 Å². The molecule has 0 aromatic heterocycles. The van der Waals surface area contributed by atoms with Gasteiger partial charge in [0, 0.05) is 31.9 Å². The Morgan fingerprint density at radius 1 is 1.08 bits per heavy atom. The highest BCUT2D eigenvalue weighted by molar-refractivity contribution is 5.89. The Balaban J connectivity index is 1.54. The van der Waals surface area contributed by atoms with Gasteiger partial charge >= 0.3 is 6.03 Å². The van der Waals surface area contributed by atoms with Gasteiger partial charge in [-0.3, -0.25) is 0 Å². The number of hydrogen-bond donors (Lipinski definition) is 1. The number of nitrogens with zero attached hydrogens (tertiary/aromatic N) is 2. The molecule has 1 heterocycles. The molecule has 0 unspecified atom stereocenters. The van der Waals surface area contributed by atoms with Crippen LogP contribution in [0.3, 0.4) is 0 Å². The first-order valence-electron chi connectivity index (χ1n) is 8.45. The molecule has 6 heteroatoms. The lowest BCUT2D eigenvalue weighted by Gasteiger charge is -2.36. The van der Waals surface area contributed by atoms with Gasteiger partial charge in [-0.15, -0.1) is 0 Å². The van der Waals surface area contributed by atoms with E-state index in [-0.39, 0.29) is 11.7 Å². The van der Waals surface area contributed by atoms with Crippen LogP contribution in [0.25, 0.3) is 0 Å². The second kappa shape index (κ2) is 7.88. The van der Waals surface area contributed by atoms with Crippen LogP contribution in [0.15, 0.2) is 48.5 Å². The first-order chi connectivity index (χ1) is 12.2. The minimum absolute atomic E-state index is 0.210. The van der Waals surface area contributed by atoms with Crippen molar-refractivity contribution >= 4 is 17.4 Å². The molecule has 1 N–H and O–H groups in total. The predicted octanol–water partition coefficient (Wildman–Crippen LogP) is 3.58. The molecule has 0 spiro atoms. The second-order valence-electron chi connectivity index (χ2n) is 5.81. The van der Waals surface area contributed by atoms with Crippen molar-refractivity contribution in [1.29, 1.82) is 0 Å². The minimum Gasteiger partial charge on any atom is -0.494 e. The monoisotopic (exact) mass is 343 g/mol. The zero-order chi connectivity index (χ0) is 17.6. The summed E-state index contributed by atoms with van der Waals surface area (Å²) in [5, 5.41) is 2.63. The number of carbonyl (C=O) groups is 1. The molecular formula is C19H22FN3O2. The van der Waals surface area contributed by atoms with E-state index in [9.17, 15) is 9.18 Å². The summed E-state index contributed by atoms with van der Waals surface area (Å²) in [5.74, 6) is 0.429. The van der Waals surface area contributed by atoms with Crippen LogP contribution in [0.4, 0.5) is 20.6 Å². The third kappa shape index (κ3) is 4.21. The quantitative estimate of drug-likeness (QED) is 0.923. The molecule has 0 bridgehead atoms. The number of rotatable bonds is 4. The first-order valence-corrected chi connectivity index (χ1v) is 8.45. The number of hydrogen-bond acceptors (Lipinski definition) is 3. The Hall–Kier alpha value is -2.76. The zero-order valence-corrected chi connectivity index (χ0v) is 14.2. The molecule has 0 aliphatic carbocycles. The van der Waals surface area contributed by atoms with Gasteiger partial charge in [0.15, 0.2) is 0 Å². The molecule has 2 aromatic carbocycles. The van der Waals surface area contributed by atoms with E-state index < -0.39 is 5.82 Å². The van der Waals surface area contributed by atoms with Crippen LogP contribution in [0.1, 0.15) is 6.92 Å². The van der Waals surface area contributed by atoms with E-state index in [1.165, 1.54) is 6.07 Å². The number of benzene rings is 2. The third-order valence-corrected chi connectivity index (χ3v) is 4.20. The van der Waals surface area contributed by atoms with Crippen LogP contribution >= 0.6 is 0 Å². The summed E-state index contributed by atoms with van der Waals surface area (Å²) in [4.78, 5) is 16.2. The fourth-order valence-corrected chi connectivity index (χ4v) is 2.84. The number of nitrogens with one attached hydrogen (secondary N) is 1. The van der Waals surface area contributed by atoms with Gasteiger partial charge in [-0.25, -0.2) is 9.18 Å². The van der Waals surface area contributed by atoms with Crippen LogP contribution < -0.4 is 15.0 Å². The lowest BCUT2D eigenvalue weighted by Crippen LogP contribution is -2.50. The highest BCUT2D eigenvalue weighted by atomic mass is 19.1. The van der Waals surface area contributed by atoms with Gasteiger partial charge in [0.05, 0.1) is 12.3 Å². The fraction of sp³-hybridized carbons (Fsp3) is 0.316. The van der Waals surface area contributed by atoms with Crippen molar-refractivity contribution in [2.24, 2.45) is 0 Å². The summed E-state index contributed by atoms with van der Waals surface area (Å²) in [6, 6.07) is 13.9. The van der Waals surface area contributed by atoms with Gasteiger partial charge in [0.25, 0.3) is 0 Å². The molecule has 0 saturated carbocycles. The highest BCUT2D eigenvalue weighted by Gasteiger charge is 2.22. The van der Waals surface area contributed by atoms with Gasteiger partial charge in [-0.05, 0) is 43.3 Å². The zero-order valence-electron chi connectivity index (χ0n) is 14.2. The van der Waals surface area contributed by atoms with Crippen molar-refractivity contribution in [3.8, 4) is 5.75 Å². The van der Waals surface area contributed by atoms with Gasteiger partial charge in [0.2, 0.25) is 0 Å². The first kappa shape index (κ1) is 17.1. The average Bonchev–Trinajstić information content (AvgIpc) is 2.65. The number of amides is 2. The van der Waals surface area contributed by atoms with Crippen molar-refractivity contribution < 1.29 is 13.9 Å². The Kier molecular flexibility index (Phi) is 5.38. The molecule has 3 rings (SSSR count).